The number of hydrogen-bond acceptors (Lipinski definition) is 1. The van der Waals surface area contributed by atoms with Crippen LogP contribution >= 0.6 is 0 Å². The van der Waals surface area contributed by atoms with Gasteiger partial charge in [0.05, 0.1) is 0 Å². The van der Waals surface area contributed by atoms with E-state index in [4.69, 9.17) is 5.41 Å². The summed E-state index contributed by atoms with van der Waals surface area (Å²) >= 11 is 0. The maximum atomic E-state index is 6.79. The first-order valence-electron chi connectivity index (χ1n) is 3.95. The highest BCUT2D eigenvalue weighted by Crippen LogP contribution is 2.04. The number of hydrogen-bond donors (Lipinski definition) is 1. The number of unbranched alkanes of at least 4 members (excludes halogenated alkanes) is 1. The molecule has 0 aliphatic heterocycles. The van der Waals surface area contributed by atoms with Crippen molar-refractivity contribution in [1.82, 2.24) is 0 Å². The minimum Gasteiger partial charge on any atom is -0.313 e. The Morgan fingerprint density at radius 3 is 2.60 bits per heavy atom. The highest BCUT2D eigenvalue weighted by molar-refractivity contribution is 5.52. The van der Waals surface area contributed by atoms with Crippen LogP contribution in [0.15, 0.2) is 11.6 Å². The van der Waals surface area contributed by atoms with E-state index in [9.17, 15) is 0 Å². The summed E-state index contributed by atoms with van der Waals surface area (Å²) in [6.07, 6.45) is 8.06. The fourth-order valence-electron chi connectivity index (χ4n) is 0.909. The molecule has 0 heterocycles. The van der Waals surface area contributed by atoms with E-state index in [1.54, 1.807) is 0 Å². The molecule has 0 aromatic carbocycles. The molecule has 0 aliphatic rings. The van der Waals surface area contributed by atoms with Gasteiger partial charge in [-0.05, 0) is 32.4 Å². The minimum absolute atomic E-state index is 0.890. The molecule has 0 unspecified atom stereocenters. The third-order valence-corrected chi connectivity index (χ3v) is 1.45. The van der Waals surface area contributed by atoms with Gasteiger partial charge in [0.25, 0.3) is 0 Å². The zero-order valence-electron chi connectivity index (χ0n) is 6.98. The van der Waals surface area contributed by atoms with Gasteiger partial charge < -0.3 is 5.41 Å². The van der Waals surface area contributed by atoms with Crippen LogP contribution in [0.4, 0.5) is 0 Å². The molecule has 0 bridgehead atoms. The lowest BCUT2D eigenvalue weighted by Gasteiger charge is -1.95. The van der Waals surface area contributed by atoms with Crippen LogP contribution in [0.1, 0.15) is 39.5 Å². The van der Waals surface area contributed by atoms with Crippen LogP contribution in [0.3, 0.4) is 0 Å². The average molecular weight is 139 g/mol. The Balaban J connectivity index is 3.36. The molecular weight excluding hydrogens is 122 g/mol. The predicted octanol–water partition coefficient (Wildman–Crippen LogP) is 3.16. The molecule has 1 N–H and O–H groups in total. The monoisotopic (exact) mass is 139 g/mol. The van der Waals surface area contributed by atoms with Gasteiger partial charge >= 0.3 is 0 Å². The zero-order chi connectivity index (χ0) is 7.82. The van der Waals surface area contributed by atoms with E-state index in [-0.39, 0.29) is 0 Å². The summed E-state index contributed by atoms with van der Waals surface area (Å²) in [4.78, 5) is 0. The Labute approximate surface area is 63.7 Å². The Hall–Kier alpha value is -0.590. The summed E-state index contributed by atoms with van der Waals surface area (Å²) < 4.78 is 0. The molecule has 1 heteroatoms. The molecule has 0 fully saturated rings. The summed E-state index contributed by atoms with van der Waals surface area (Å²) in [5, 5.41) is 6.79. The van der Waals surface area contributed by atoms with Gasteiger partial charge in [-0.3, -0.25) is 0 Å². The first-order valence-corrected chi connectivity index (χ1v) is 3.95. The molecule has 0 rings (SSSR count). The fourth-order valence-corrected chi connectivity index (χ4v) is 0.909. The minimum atomic E-state index is 0.890. The molecule has 0 aliphatic carbocycles. The first-order chi connectivity index (χ1) is 4.81. The Morgan fingerprint density at radius 2 is 2.10 bits per heavy atom. The van der Waals surface area contributed by atoms with E-state index in [0.29, 0.717) is 0 Å². The van der Waals surface area contributed by atoms with Gasteiger partial charge in [-0.15, -0.1) is 0 Å². The van der Waals surface area contributed by atoms with E-state index < -0.39 is 0 Å². The van der Waals surface area contributed by atoms with Gasteiger partial charge in [0.1, 0.15) is 0 Å². The summed E-state index contributed by atoms with van der Waals surface area (Å²) in [7, 11) is 0. The van der Waals surface area contributed by atoms with Crippen LogP contribution in [-0.4, -0.2) is 6.21 Å². The number of rotatable bonds is 5. The molecule has 0 aromatic rings. The third kappa shape index (κ3) is 5.54. The van der Waals surface area contributed by atoms with Crippen LogP contribution in [0.2, 0.25) is 0 Å². The maximum absolute atomic E-state index is 6.79. The van der Waals surface area contributed by atoms with Gasteiger partial charge in [-0.1, -0.05) is 25.0 Å². The molecule has 0 amide bonds. The van der Waals surface area contributed by atoms with Crippen LogP contribution in [0.5, 0.6) is 0 Å². The van der Waals surface area contributed by atoms with Crippen molar-refractivity contribution in [3.8, 4) is 0 Å². The average Bonchev–Trinajstić information content (AvgIpc) is 1.89. The van der Waals surface area contributed by atoms with Crippen LogP contribution in [0, 0.1) is 5.41 Å². The maximum Gasteiger partial charge on any atom is -0.00447 e. The van der Waals surface area contributed by atoms with E-state index in [0.717, 1.165) is 12.8 Å². The van der Waals surface area contributed by atoms with Crippen molar-refractivity contribution < 1.29 is 0 Å². The van der Waals surface area contributed by atoms with Gasteiger partial charge in [-0.25, -0.2) is 0 Å². The Morgan fingerprint density at radius 1 is 1.40 bits per heavy atom. The molecule has 1 nitrogen and oxygen atoms in total. The normalized spacial score (nSPS) is 11.6. The first kappa shape index (κ1) is 9.41. The Kier molecular flexibility index (Phi) is 6.14. The second-order valence-electron chi connectivity index (χ2n) is 2.58. The van der Waals surface area contributed by atoms with Gasteiger partial charge in [0, 0.05) is 0 Å². The summed E-state index contributed by atoms with van der Waals surface area (Å²) in [6.45, 7) is 4.35. The molecule has 0 atom stereocenters. The molecule has 0 spiro atoms. The number of allylic oxidation sites excluding steroid dienone is 2. The van der Waals surface area contributed by atoms with Gasteiger partial charge in [0.2, 0.25) is 0 Å². The highest BCUT2D eigenvalue weighted by Gasteiger charge is 1.85. The smallest absolute Gasteiger partial charge is 0.00447 e. The second kappa shape index (κ2) is 6.53. The molecular formula is C9H17N. The van der Waals surface area contributed by atoms with Crippen molar-refractivity contribution in [2.24, 2.45) is 0 Å². The zero-order valence-corrected chi connectivity index (χ0v) is 6.98. The highest BCUT2D eigenvalue weighted by atomic mass is 14.3. The summed E-state index contributed by atoms with van der Waals surface area (Å²) in [5.74, 6) is 0. The molecule has 58 valence electrons. The molecule has 10 heavy (non-hydrogen) atoms. The lowest BCUT2D eigenvalue weighted by atomic mass is 10.1. The third-order valence-electron chi connectivity index (χ3n) is 1.45. The van der Waals surface area contributed by atoms with Gasteiger partial charge in [0.15, 0.2) is 0 Å². The fraction of sp³-hybridized carbons (Fsp3) is 0.667. The van der Waals surface area contributed by atoms with E-state index in [1.807, 2.05) is 0 Å². The van der Waals surface area contributed by atoms with Crippen molar-refractivity contribution in [3.05, 3.63) is 11.6 Å². The molecule has 0 radical (unpaired) electrons. The van der Waals surface area contributed by atoms with Crippen molar-refractivity contribution >= 4 is 6.21 Å². The standard InChI is InChI=1S/C9H17N/c1-3-6-9(2)7-4-5-8-10/h7-8,10H,3-6H2,1-2H3/b9-7-,10-8?. The topological polar surface area (TPSA) is 23.9 Å². The lowest BCUT2D eigenvalue weighted by molar-refractivity contribution is 0.892. The summed E-state index contributed by atoms with van der Waals surface area (Å²) in [6, 6.07) is 0. The van der Waals surface area contributed by atoms with Crippen molar-refractivity contribution in [3.63, 3.8) is 0 Å². The van der Waals surface area contributed by atoms with Crippen LogP contribution in [0.25, 0.3) is 0 Å². The lowest BCUT2D eigenvalue weighted by Crippen LogP contribution is -1.76. The SMILES string of the molecule is CCC/C(C)=C\CCC=N. The van der Waals surface area contributed by atoms with Crippen molar-refractivity contribution in [2.75, 3.05) is 0 Å². The second-order valence-corrected chi connectivity index (χ2v) is 2.58. The predicted molar refractivity (Wildman–Crippen MR) is 46.7 cm³/mol. The number of nitrogens with one attached hydrogen (secondary N) is 1. The van der Waals surface area contributed by atoms with Gasteiger partial charge in [-0.2, -0.15) is 0 Å². The van der Waals surface area contributed by atoms with Crippen LogP contribution < -0.4 is 0 Å². The van der Waals surface area contributed by atoms with Crippen molar-refractivity contribution in [2.45, 2.75) is 39.5 Å². The van der Waals surface area contributed by atoms with Crippen LogP contribution in [-0.2, 0) is 0 Å². The quantitative estimate of drug-likeness (QED) is 0.343. The molecule has 0 saturated heterocycles. The van der Waals surface area contributed by atoms with E-state index in [2.05, 4.69) is 19.9 Å². The molecule has 0 saturated carbocycles. The summed E-state index contributed by atoms with van der Waals surface area (Å²) in [5.41, 5.74) is 1.46. The largest absolute Gasteiger partial charge is 0.313 e. The van der Waals surface area contributed by atoms with Crippen molar-refractivity contribution in [1.29, 1.82) is 5.41 Å². The molecule has 0 aromatic heterocycles. The van der Waals surface area contributed by atoms with E-state index >= 15 is 0 Å². The Bertz CT molecular complexity index is 114. The van der Waals surface area contributed by atoms with E-state index in [1.165, 1.54) is 24.6 Å².